The number of halogens is 3. The minimum absolute atomic E-state index is 0.0331. The van der Waals surface area contributed by atoms with Gasteiger partial charge in [-0.05, 0) is 12.1 Å². The number of pyridine rings is 1. The van der Waals surface area contributed by atoms with Gasteiger partial charge in [0.1, 0.15) is 0 Å². The second-order valence-electron chi connectivity index (χ2n) is 3.94. The highest BCUT2D eigenvalue weighted by atomic mass is 19.4. The number of amides is 1. The topological polar surface area (TPSA) is 59.2 Å². The van der Waals surface area contributed by atoms with Crippen LogP contribution in [0.4, 0.5) is 18.9 Å². The molecule has 0 spiro atoms. The summed E-state index contributed by atoms with van der Waals surface area (Å²) in [7, 11) is 1.34. The zero-order chi connectivity index (χ0) is 13.8. The Bertz CT molecular complexity index is 403. The predicted molar refractivity (Wildman–Crippen MR) is 60.7 cm³/mol. The van der Waals surface area contributed by atoms with Gasteiger partial charge in [0.2, 0.25) is 5.91 Å². The molecule has 4 nitrogen and oxygen atoms in total. The number of alkyl halides is 3. The van der Waals surface area contributed by atoms with E-state index in [2.05, 4.69) is 4.98 Å². The van der Waals surface area contributed by atoms with Crippen molar-refractivity contribution in [2.45, 2.75) is 19.0 Å². The van der Waals surface area contributed by atoms with Gasteiger partial charge in [-0.3, -0.25) is 9.78 Å². The molecule has 2 N–H and O–H groups in total. The maximum absolute atomic E-state index is 12.0. The van der Waals surface area contributed by atoms with Crippen LogP contribution in [-0.4, -0.2) is 35.6 Å². The number of nitrogens with zero attached hydrogens (tertiary/aromatic N) is 2. The van der Waals surface area contributed by atoms with E-state index < -0.39 is 18.5 Å². The third kappa shape index (κ3) is 5.03. The van der Waals surface area contributed by atoms with Crippen molar-refractivity contribution in [3.8, 4) is 0 Å². The van der Waals surface area contributed by atoms with Crippen molar-refractivity contribution in [2.75, 3.05) is 19.3 Å². The zero-order valence-corrected chi connectivity index (χ0v) is 9.87. The van der Waals surface area contributed by atoms with E-state index in [1.165, 1.54) is 13.2 Å². The van der Waals surface area contributed by atoms with Crippen LogP contribution in [0.2, 0.25) is 0 Å². The molecule has 0 bridgehead atoms. The summed E-state index contributed by atoms with van der Waals surface area (Å²) in [6.45, 7) is -0.350. The Balaban J connectivity index is 2.47. The van der Waals surface area contributed by atoms with E-state index in [1.807, 2.05) is 0 Å². The number of hydrogen-bond donors (Lipinski definition) is 1. The fourth-order valence-electron chi connectivity index (χ4n) is 1.25. The Labute approximate surface area is 103 Å². The number of carbonyl (C=O) groups is 1. The lowest BCUT2D eigenvalue weighted by Gasteiger charge is -2.17. The van der Waals surface area contributed by atoms with E-state index in [4.69, 9.17) is 5.73 Å². The number of carbonyl (C=O) groups excluding carboxylic acids is 1. The predicted octanol–water partition coefficient (Wildman–Crippen LogP) is 1.62. The van der Waals surface area contributed by atoms with Crippen LogP contribution in [0.15, 0.2) is 18.3 Å². The Kier molecular flexibility index (Phi) is 4.52. The molecule has 0 radical (unpaired) electrons. The second kappa shape index (κ2) is 5.70. The Morgan fingerprint density at radius 2 is 2.11 bits per heavy atom. The zero-order valence-electron chi connectivity index (χ0n) is 9.87. The van der Waals surface area contributed by atoms with Crippen LogP contribution >= 0.6 is 0 Å². The molecular formula is C11H14F3N3O. The van der Waals surface area contributed by atoms with Crippen LogP contribution in [0, 0.1) is 0 Å². The van der Waals surface area contributed by atoms with E-state index in [0.717, 1.165) is 4.90 Å². The molecule has 0 saturated heterocycles. The van der Waals surface area contributed by atoms with Crippen molar-refractivity contribution in [3.05, 3.63) is 24.0 Å². The van der Waals surface area contributed by atoms with Crippen molar-refractivity contribution in [2.24, 2.45) is 0 Å². The van der Waals surface area contributed by atoms with Crippen molar-refractivity contribution in [1.82, 2.24) is 9.88 Å². The number of nitrogens with two attached hydrogens (primary N) is 1. The van der Waals surface area contributed by atoms with E-state index in [1.54, 1.807) is 12.1 Å². The van der Waals surface area contributed by atoms with Crippen LogP contribution in [0.5, 0.6) is 0 Å². The lowest BCUT2D eigenvalue weighted by molar-refractivity contribution is -0.143. The first-order valence-electron chi connectivity index (χ1n) is 5.29. The first-order chi connectivity index (χ1) is 8.28. The van der Waals surface area contributed by atoms with Gasteiger partial charge in [-0.1, -0.05) is 0 Å². The molecule has 18 heavy (non-hydrogen) atoms. The minimum atomic E-state index is -4.26. The van der Waals surface area contributed by atoms with Crippen LogP contribution < -0.4 is 5.73 Å². The summed E-state index contributed by atoms with van der Waals surface area (Å²) in [5.74, 6) is -0.406. The largest absolute Gasteiger partial charge is 0.397 e. The van der Waals surface area contributed by atoms with Crippen molar-refractivity contribution >= 4 is 11.6 Å². The van der Waals surface area contributed by atoms with E-state index in [0.29, 0.717) is 11.4 Å². The number of hydrogen-bond acceptors (Lipinski definition) is 3. The van der Waals surface area contributed by atoms with Crippen LogP contribution in [0.3, 0.4) is 0 Å². The van der Waals surface area contributed by atoms with Crippen molar-refractivity contribution < 1.29 is 18.0 Å². The molecule has 7 heteroatoms. The molecular weight excluding hydrogens is 247 g/mol. The Morgan fingerprint density at radius 1 is 1.44 bits per heavy atom. The number of aromatic nitrogens is 1. The highest BCUT2D eigenvalue weighted by molar-refractivity contribution is 5.78. The van der Waals surface area contributed by atoms with Gasteiger partial charge in [-0.15, -0.1) is 0 Å². The fraction of sp³-hybridized carbons (Fsp3) is 0.455. The highest BCUT2D eigenvalue weighted by Gasteiger charge is 2.28. The summed E-state index contributed by atoms with van der Waals surface area (Å²) in [6.07, 6.45) is -3.90. The smallest absolute Gasteiger partial charge is 0.390 e. The molecule has 0 aromatic carbocycles. The molecule has 0 aliphatic heterocycles. The number of anilines is 1. The van der Waals surface area contributed by atoms with E-state index >= 15 is 0 Å². The monoisotopic (exact) mass is 261 g/mol. The first-order valence-corrected chi connectivity index (χ1v) is 5.29. The molecule has 1 aromatic rings. The molecule has 0 unspecified atom stereocenters. The normalized spacial score (nSPS) is 11.3. The SMILES string of the molecule is CN(CCC(F)(F)F)C(=O)Cc1ccc(N)cn1. The highest BCUT2D eigenvalue weighted by Crippen LogP contribution is 2.19. The van der Waals surface area contributed by atoms with Crippen molar-refractivity contribution in [3.63, 3.8) is 0 Å². The quantitative estimate of drug-likeness (QED) is 0.895. The second-order valence-corrected chi connectivity index (χ2v) is 3.94. The van der Waals surface area contributed by atoms with E-state index in [9.17, 15) is 18.0 Å². The third-order valence-corrected chi connectivity index (χ3v) is 2.34. The van der Waals surface area contributed by atoms with E-state index in [-0.39, 0.29) is 13.0 Å². The summed E-state index contributed by atoms with van der Waals surface area (Å²) >= 11 is 0. The van der Waals surface area contributed by atoms with Gasteiger partial charge in [-0.2, -0.15) is 13.2 Å². The summed E-state index contributed by atoms with van der Waals surface area (Å²) < 4.78 is 36.0. The van der Waals surface area contributed by atoms with Crippen LogP contribution in [0.25, 0.3) is 0 Å². The Morgan fingerprint density at radius 3 is 2.61 bits per heavy atom. The number of rotatable bonds is 4. The maximum Gasteiger partial charge on any atom is 0.390 e. The van der Waals surface area contributed by atoms with Gasteiger partial charge in [0.05, 0.1) is 24.7 Å². The summed E-state index contributed by atoms with van der Waals surface area (Å²) in [6, 6.07) is 3.16. The van der Waals surface area contributed by atoms with Gasteiger partial charge in [-0.25, -0.2) is 0 Å². The van der Waals surface area contributed by atoms with Gasteiger partial charge in [0.25, 0.3) is 0 Å². The molecule has 0 saturated carbocycles. The average Bonchev–Trinajstić information content (AvgIpc) is 2.28. The van der Waals surface area contributed by atoms with Crippen molar-refractivity contribution in [1.29, 1.82) is 0 Å². The summed E-state index contributed by atoms with van der Waals surface area (Å²) in [5.41, 5.74) is 6.38. The third-order valence-electron chi connectivity index (χ3n) is 2.34. The molecule has 0 fully saturated rings. The molecule has 100 valence electrons. The first kappa shape index (κ1) is 14.3. The lowest BCUT2D eigenvalue weighted by atomic mass is 10.2. The van der Waals surface area contributed by atoms with Gasteiger partial charge < -0.3 is 10.6 Å². The van der Waals surface area contributed by atoms with Crippen LogP contribution in [0.1, 0.15) is 12.1 Å². The summed E-state index contributed by atoms with van der Waals surface area (Å²) in [4.78, 5) is 16.6. The molecule has 1 rings (SSSR count). The summed E-state index contributed by atoms with van der Waals surface area (Å²) in [5, 5.41) is 0. The Hall–Kier alpha value is -1.79. The molecule has 0 aliphatic rings. The number of likely N-dealkylation sites (N-methyl/N-ethyl adjacent to an activating group) is 1. The maximum atomic E-state index is 12.0. The molecule has 0 atom stereocenters. The van der Waals surface area contributed by atoms with Crippen LogP contribution in [-0.2, 0) is 11.2 Å². The van der Waals surface area contributed by atoms with Gasteiger partial charge >= 0.3 is 6.18 Å². The van der Waals surface area contributed by atoms with Gasteiger partial charge in [0, 0.05) is 19.3 Å². The molecule has 1 heterocycles. The fourth-order valence-corrected chi connectivity index (χ4v) is 1.25. The molecule has 1 aromatic heterocycles. The average molecular weight is 261 g/mol. The minimum Gasteiger partial charge on any atom is -0.397 e. The van der Waals surface area contributed by atoms with Gasteiger partial charge in [0.15, 0.2) is 0 Å². The number of nitrogen functional groups attached to an aromatic ring is 1. The lowest BCUT2D eigenvalue weighted by Crippen LogP contribution is -2.31. The standard InChI is InChI=1S/C11H14F3N3O/c1-17(5-4-11(12,13)14)10(18)6-9-3-2-8(15)7-16-9/h2-3,7H,4-6,15H2,1H3. The molecule has 1 amide bonds. The molecule has 0 aliphatic carbocycles.